The van der Waals surface area contributed by atoms with Crippen LogP contribution in [0.1, 0.15) is 11.1 Å². The smallest absolute Gasteiger partial charge is 0.265 e. The van der Waals surface area contributed by atoms with Crippen molar-refractivity contribution in [2.24, 2.45) is 10.7 Å². The van der Waals surface area contributed by atoms with Crippen LogP contribution in [-0.4, -0.2) is 27.3 Å². The molecule has 0 radical (unpaired) electrons. The zero-order valence-electron chi connectivity index (χ0n) is 18.1. The molecule has 0 aromatic heterocycles. The van der Waals surface area contributed by atoms with Crippen molar-refractivity contribution in [2.45, 2.75) is 11.8 Å². The number of sulfonamides is 1. The number of methoxy groups -OCH3 is 1. The lowest BCUT2D eigenvalue weighted by Gasteiger charge is -2.13. The minimum atomic E-state index is -3.97. The second kappa shape index (κ2) is 10.5. The predicted octanol–water partition coefficient (Wildman–Crippen LogP) is 3.66. The number of rotatable bonds is 8. The first-order chi connectivity index (χ1) is 15.8. The number of hydrogen-bond acceptors (Lipinski definition) is 5. The SMILES string of the molecule is COc1ccc(NC(=O)/C=C/N=C(N)c2ccccc2)cc1S(=O)(=O)Nc1cccc(C)c1. The molecule has 4 N–H and O–H groups in total. The molecule has 0 aliphatic carbocycles. The molecule has 170 valence electrons. The standard InChI is InChI=1S/C24H24N4O4S/c1-17-7-6-10-20(15-17)28-33(30,31)22-16-19(11-12-21(22)32-2)27-23(29)13-14-26-24(25)18-8-4-3-5-9-18/h3-16,28H,1-2H3,(H2,25,26)(H,27,29)/b14-13+. The van der Waals surface area contributed by atoms with E-state index < -0.39 is 15.9 Å². The molecule has 0 spiro atoms. The number of amides is 1. The number of nitrogens with zero attached hydrogens (tertiary/aromatic N) is 1. The summed E-state index contributed by atoms with van der Waals surface area (Å²) in [5, 5.41) is 2.61. The van der Waals surface area contributed by atoms with Crippen molar-refractivity contribution < 1.29 is 17.9 Å². The van der Waals surface area contributed by atoms with Gasteiger partial charge in [0, 0.05) is 29.2 Å². The van der Waals surface area contributed by atoms with Crippen molar-refractivity contribution in [3.8, 4) is 5.75 Å². The maximum Gasteiger partial charge on any atom is 0.265 e. The second-order valence-corrected chi connectivity index (χ2v) is 8.68. The highest BCUT2D eigenvalue weighted by molar-refractivity contribution is 7.92. The van der Waals surface area contributed by atoms with Crippen molar-refractivity contribution in [3.05, 3.63) is 96.2 Å². The van der Waals surface area contributed by atoms with Crippen LogP contribution < -0.4 is 20.5 Å². The lowest BCUT2D eigenvalue weighted by molar-refractivity contribution is -0.111. The van der Waals surface area contributed by atoms with Gasteiger partial charge in [0.1, 0.15) is 16.5 Å². The molecule has 0 atom stereocenters. The van der Waals surface area contributed by atoms with Gasteiger partial charge in [0.25, 0.3) is 10.0 Å². The van der Waals surface area contributed by atoms with E-state index in [1.807, 2.05) is 31.2 Å². The monoisotopic (exact) mass is 464 g/mol. The van der Waals surface area contributed by atoms with E-state index in [9.17, 15) is 13.2 Å². The molecule has 0 bridgehead atoms. The molecule has 1 amide bonds. The van der Waals surface area contributed by atoms with Gasteiger partial charge in [0.05, 0.1) is 7.11 Å². The number of aliphatic imine (C=N–C) groups is 1. The molecule has 0 heterocycles. The first-order valence-corrected chi connectivity index (χ1v) is 11.4. The Morgan fingerprint density at radius 2 is 1.76 bits per heavy atom. The number of hydrogen-bond donors (Lipinski definition) is 3. The van der Waals surface area contributed by atoms with Gasteiger partial charge in [-0.15, -0.1) is 0 Å². The number of carbonyl (C=O) groups excluding carboxylic acids is 1. The van der Waals surface area contributed by atoms with Crippen molar-refractivity contribution in [1.29, 1.82) is 0 Å². The van der Waals surface area contributed by atoms with Crippen LogP contribution in [0.25, 0.3) is 0 Å². The lowest BCUT2D eigenvalue weighted by atomic mass is 10.2. The fourth-order valence-corrected chi connectivity index (χ4v) is 4.18. The van der Waals surface area contributed by atoms with E-state index in [-0.39, 0.29) is 22.2 Å². The largest absolute Gasteiger partial charge is 0.495 e. The fourth-order valence-electron chi connectivity index (χ4n) is 2.94. The number of ether oxygens (including phenoxy) is 1. The van der Waals surface area contributed by atoms with Crippen LogP contribution >= 0.6 is 0 Å². The Labute approximate surface area is 192 Å². The predicted molar refractivity (Wildman–Crippen MR) is 130 cm³/mol. The van der Waals surface area contributed by atoms with Gasteiger partial charge in [-0.2, -0.15) is 0 Å². The second-order valence-electron chi connectivity index (χ2n) is 7.03. The normalized spacial score (nSPS) is 11.9. The lowest BCUT2D eigenvalue weighted by Crippen LogP contribution is -2.15. The molecular weight excluding hydrogens is 440 g/mol. The molecule has 3 aromatic rings. The molecular formula is C24H24N4O4S. The Morgan fingerprint density at radius 3 is 2.45 bits per heavy atom. The highest BCUT2D eigenvalue weighted by Gasteiger charge is 2.21. The van der Waals surface area contributed by atoms with Crippen molar-refractivity contribution in [1.82, 2.24) is 0 Å². The summed E-state index contributed by atoms with van der Waals surface area (Å²) in [6.45, 7) is 1.86. The molecule has 8 nitrogen and oxygen atoms in total. The third-order valence-corrected chi connectivity index (χ3v) is 5.90. The maximum atomic E-state index is 13.0. The molecule has 0 saturated carbocycles. The molecule has 3 rings (SSSR count). The summed E-state index contributed by atoms with van der Waals surface area (Å²) in [5.41, 5.74) is 8.22. The van der Waals surface area contributed by atoms with Gasteiger partial charge in [-0.05, 0) is 42.8 Å². The third kappa shape index (κ3) is 6.44. The van der Waals surface area contributed by atoms with Gasteiger partial charge >= 0.3 is 0 Å². The minimum Gasteiger partial charge on any atom is -0.495 e. The zero-order valence-corrected chi connectivity index (χ0v) is 19.0. The van der Waals surface area contributed by atoms with Gasteiger partial charge in [-0.1, -0.05) is 42.5 Å². The number of carbonyl (C=O) groups is 1. The summed E-state index contributed by atoms with van der Waals surface area (Å²) < 4.78 is 33.7. The van der Waals surface area contributed by atoms with Gasteiger partial charge in [-0.25, -0.2) is 13.4 Å². The minimum absolute atomic E-state index is 0.111. The van der Waals surface area contributed by atoms with Crippen molar-refractivity contribution in [3.63, 3.8) is 0 Å². The summed E-state index contributed by atoms with van der Waals surface area (Å²) >= 11 is 0. The Morgan fingerprint density at radius 1 is 1.00 bits per heavy atom. The van der Waals surface area contributed by atoms with E-state index >= 15 is 0 Å². The van der Waals surface area contributed by atoms with Crippen LogP contribution in [0.2, 0.25) is 0 Å². The third-order valence-electron chi connectivity index (χ3n) is 4.50. The van der Waals surface area contributed by atoms with Crippen LogP contribution in [0.15, 0.2) is 95.0 Å². The number of aryl methyl sites for hydroxylation is 1. The Kier molecular flexibility index (Phi) is 7.47. The molecule has 9 heteroatoms. The molecule has 0 fully saturated rings. The number of benzene rings is 3. The number of nitrogens with one attached hydrogen (secondary N) is 2. The number of nitrogens with two attached hydrogens (primary N) is 1. The van der Waals surface area contributed by atoms with Crippen molar-refractivity contribution in [2.75, 3.05) is 17.1 Å². The van der Waals surface area contributed by atoms with Crippen LogP contribution in [0, 0.1) is 6.92 Å². The first kappa shape index (κ1) is 23.6. The Balaban J connectivity index is 1.76. The summed E-state index contributed by atoms with van der Waals surface area (Å²) in [4.78, 5) is 16.2. The topological polar surface area (TPSA) is 123 Å². The molecule has 0 unspecified atom stereocenters. The van der Waals surface area contributed by atoms with E-state index in [0.29, 0.717) is 5.69 Å². The van der Waals surface area contributed by atoms with E-state index in [0.717, 1.165) is 11.1 Å². The Hall–Kier alpha value is -4.11. The van der Waals surface area contributed by atoms with Crippen LogP contribution in [-0.2, 0) is 14.8 Å². The molecule has 33 heavy (non-hydrogen) atoms. The summed E-state index contributed by atoms with van der Waals surface area (Å²) in [5.74, 6) is -0.0941. The number of anilines is 2. The summed E-state index contributed by atoms with van der Waals surface area (Å²) in [6.07, 6.45) is 2.47. The molecule has 3 aromatic carbocycles. The maximum absolute atomic E-state index is 13.0. The summed E-state index contributed by atoms with van der Waals surface area (Å²) in [7, 11) is -2.60. The van der Waals surface area contributed by atoms with Gasteiger partial charge in [0.2, 0.25) is 5.91 Å². The van der Waals surface area contributed by atoms with Crippen LogP contribution in [0.3, 0.4) is 0 Å². The molecule has 0 saturated heterocycles. The summed E-state index contributed by atoms with van der Waals surface area (Å²) in [6, 6.07) is 20.4. The van der Waals surface area contributed by atoms with E-state index in [1.165, 1.54) is 37.6 Å². The van der Waals surface area contributed by atoms with Gasteiger partial charge in [0.15, 0.2) is 0 Å². The fraction of sp³-hybridized carbons (Fsp3) is 0.0833. The average Bonchev–Trinajstić information content (AvgIpc) is 2.79. The highest BCUT2D eigenvalue weighted by Crippen LogP contribution is 2.29. The van der Waals surface area contributed by atoms with E-state index in [2.05, 4.69) is 15.0 Å². The van der Waals surface area contributed by atoms with Gasteiger partial charge < -0.3 is 15.8 Å². The van der Waals surface area contributed by atoms with E-state index in [4.69, 9.17) is 10.5 Å². The average molecular weight is 465 g/mol. The zero-order chi connectivity index (χ0) is 23.8. The number of amidine groups is 1. The highest BCUT2D eigenvalue weighted by atomic mass is 32.2. The van der Waals surface area contributed by atoms with Crippen LogP contribution in [0.4, 0.5) is 11.4 Å². The molecule has 0 aliphatic heterocycles. The van der Waals surface area contributed by atoms with Crippen LogP contribution in [0.5, 0.6) is 5.75 Å². The first-order valence-electron chi connectivity index (χ1n) is 9.92. The Bertz CT molecular complexity index is 1300. The van der Waals surface area contributed by atoms with E-state index in [1.54, 1.807) is 30.3 Å². The molecule has 0 aliphatic rings. The van der Waals surface area contributed by atoms with Crippen molar-refractivity contribution >= 4 is 33.1 Å². The quantitative estimate of drug-likeness (QED) is 0.267. The van der Waals surface area contributed by atoms with Gasteiger partial charge in [-0.3, -0.25) is 9.52 Å².